The second-order valence-electron chi connectivity index (χ2n) is 5.61. The molecule has 2 aromatic carbocycles. The number of hydrogen-bond donors (Lipinski definition) is 2. The van der Waals surface area contributed by atoms with E-state index in [-0.39, 0.29) is 17.5 Å². The molecule has 0 aliphatic carbocycles. The van der Waals surface area contributed by atoms with Gasteiger partial charge in [0.25, 0.3) is 5.91 Å². The van der Waals surface area contributed by atoms with Crippen molar-refractivity contribution >= 4 is 23.2 Å². The van der Waals surface area contributed by atoms with Crippen LogP contribution < -0.4 is 24.8 Å². The number of aromatic nitrogens is 2. The monoisotopic (exact) mass is 380 g/mol. The number of amides is 1. The van der Waals surface area contributed by atoms with Crippen molar-refractivity contribution < 1.29 is 19.0 Å². The van der Waals surface area contributed by atoms with Gasteiger partial charge < -0.3 is 24.8 Å². The van der Waals surface area contributed by atoms with Gasteiger partial charge in [0.05, 0.1) is 32.7 Å². The van der Waals surface area contributed by atoms with Crippen molar-refractivity contribution in [2.45, 2.75) is 0 Å². The second kappa shape index (κ2) is 8.72. The number of anilines is 3. The molecule has 0 spiro atoms. The average Bonchev–Trinajstić information content (AvgIpc) is 2.74. The Bertz CT molecular complexity index is 978. The standard InChI is InChI=1S/C20H20N4O4/c1-26-13-8-9-18(28-3)16(12-13)24-20-21-11-10-15(23-20)19(25)22-14-6-4-5-7-17(14)27-2/h4-12H,1-3H3,(H,22,25)(H,21,23,24). The fourth-order valence-corrected chi connectivity index (χ4v) is 2.51. The van der Waals surface area contributed by atoms with Crippen LogP contribution in [0.2, 0.25) is 0 Å². The topological polar surface area (TPSA) is 94.6 Å². The van der Waals surface area contributed by atoms with Crippen LogP contribution in [0.3, 0.4) is 0 Å². The molecule has 0 bridgehead atoms. The second-order valence-corrected chi connectivity index (χ2v) is 5.61. The first-order chi connectivity index (χ1) is 13.6. The number of benzene rings is 2. The number of hydrogen-bond acceptors (Lipinski definition) is 7. The van der Waals surface area contributed by atoms with E-state index in [0.29, 0.717) is 28.6 Å². The van der Waals surface area contributed by atoms with Gasteiger partial charge in [-0.25, -0.2) is 9.97 Å². The van der Waals surface area contributed by atoms with E-state index in [1.807, 2.05) is 6.07 Å². The summed E-state index contributed by atoms with van der Waals surface area (Å²) in [6.07, 6.45) is 1.50. The third-order valence-corrected chi connectivity index (χ3v) is 3.90. The van der Waals surface area contributed by atoms with Crippen LogP contribution in [0.25, 0.3) is 0 Å². The van der Waals surface area contributed by atoms with Gasteiger partial charge in [0, 0.05) is 12.3 Å². The molecule has 1 aromatic heterocycles. The molecule has 8 nitrogen and oxygen atoms in total. The minimum absolute atomic E-state index is 0.199. The molecule has 8 heteroatoms. The van der Waals surface area contributed by atoms with E-state index >= 15 is 0 Å². The van der Waals surface area contributed by atoms with Gasteiger partial charge in [-0.1, -0.05) is 12.1 Å². The number of methoxy groups -OCH3 is 3. The molecule has 2 N–H and O–H groups in total. The molecule has 3 aromatic rings. The van der Waals surface area contributed by atoms with Crippen molar-refractivity contribution in [3.05, 3.63) is 60.4 Å². The summed E-state index contributed by atoms with van der Waals surface area (Å²) in [5, 5.41) is 5.83. The van der Waals surface area contributed by atoms with Crippen LogP contribution >= 0.6 is 0 Å². The molecule has 3 rings (SSSR count). The number of nitrogens with one attached hydrogen (secondary N) is 2. The lowest BCUT2D eigenvalue weighted by Gasteiger charge is -2.12. The molecule has 0 aliphatic heterocycles. The van der Waals surface area contributed by atoms with Gasteiger partial charge in [-0.05, 0) is 30.3 Å². The molecule has 0 aliphatic rings. The van der Waals surface area contributed by atoms with Gasteiger partial charge in [-0.2, -0.15) is 0 Å². The molecule has 0 saturated heterocycles. The Hall–Kier alpha value is -3.81. The third-order valence-electron chi connectivity index (χ3n) is 3.90. The summed E-state index contributed by atoms with van der Waals surface area (Å²) in [6.45, 7) is 0. The molecule has 0 fully saturated rings. The van der Waals surface area contributed by atoms with Gasteiger partial charge in [-0.3, -0.25) is 4.79 Å². The van der Waals surface area contributed by atoms with Gasteiger partial charge in [0.2, 0.25) is 5.95 Å². The summed E-state index contributed by atoms with van der Waals surface area (Å²) in [4.78, 5) is 21.0. The average molecular weight is 380 g/mol. The van der Waals surface area contributed by atoms with E-state index in [2.05, 4.69) is 20.6 Å². The zero-order valence-electron chi connectivity index (χ0n) is 15.7. The smallest absolute Gasteiger partial charge is 0.274 e. The van der Waals surface area contributed by atoms with E-state index in [1.165, 1.54) is 12.3 Å². The van der Waals surface area contributed by atoms with E-state index in [9.17, 15) is 4.79 Å². The van der Waals surface area contributed by atoms with Gasteiger partial charge in [-0.15, -0.1) is 0 Å². The van der Waals surface area contributed by atoms with Crippen molar-refractivity contribution in [1.82, 2.24) is 9.97 Å². The van der Waals surface area contributed by atoms with Crippen molar-refractivity contribution in [2.24, 2.45) is 0 Å². The molecule has 0 saturated carbocycles. The van der Waals surface area contributed by atoms with Crippen LogP contribution in [0, 0.1) is 0 Å². The normalized spacial score (nSPS) is 10.1. The van der Waals surface area contributed by atoms with E-state index in [1.54, 1.807) is 57.7 Å². The Balaban J connectivity index is 1.82. The van der Waals surface area contributed by atoms with Crippen LogP contribution in [0.5, 0.6) is 17.2 Å². The number of carbonyl (C=O) groups excluding carboxylic acids is 1. The largest absolute Gasteiger partial charge is 0.497 e. The number of rotatable bonds is 7. The van der Waals surface area contributed by atoms with E-state index < -0.39 is 0 Å². The predicted molar refractivity (Wildman–Crippen MR) is 106 cm³/mol. The maximum Gasteiger partial charge on any atom is 0.274 e. The number of nitrogens with zero attached hydrogens (tertiary/aromatic N) is 2. The number of para-hydroxylation sites is 2. The summed E-state index contributed by atoms with van der Waals surface area (Å²) in [6, 6.07) is 14.0. The molecular weight excluding hydrogens is 360 g/mol. The zero-order chi connectivity index (χ0) is 19.9. The van der Waals surface area contributed by atoms with Gasteiger partial charge in [0.15, 0.2) is 0 Å². The maximum atomic E-state index is 12.6. The lowest BCUT2D eigenvalue weighted by Crippen LogP contribution is -2.15. The summed E-state index contributed by atoms with van der Waals surface area (Å²) in [5.74, 6) is 1.66. The molecular formula is C20H20N4O4. The van der Waals surface area contributed by atoms with Gasteiger partial charge >= 0.3 is 0 Å². The maximum absolute atomic E-state index is 12.6. The quantitative estimate of drug-likeness (QED) is 0.648. The first-order valence-electron chi connectivity index (χ1n) is 8.41. The van der Waals surface area contributed by atoms with Crippen molar-refractivity contribution in [2.75, 3.05) is 32.0 Å². The van der Waals surface area contributed by atoms with Crippen molar-refractivity contribution in [3.63, 3.8) is 0 Å². The summed E-state index contributed by atoms with van der Waals surface area (Å²) >= 11 is 0. The number of ether oxygens (including phenoxy) is 3. The highest BCUT2D eigenvalue weighted by atomic mass is 16.5. The summed E-state index contributed by atoms with van der Waals surface area (Å²) in [5.41, 5.74) is 1.37. The van der Waals surface area contributed by atoms with Crippen LogP contribution in [0.15, 0.2) is 54.7 Å². The first kappa shape index (κ1) is 19.0. The lowest BCUT2D eigenvalue weighted by atomic mass is 10.2. The molecule has 0 radical (unpaired) electrons. The Kier molecular flexibility index (Phi) is 5.91. The highest BCUT2D eigenvalue weighted by molar-refractivity contribution is 6.03. The lowest BCUT2D eigenvalue weighted by molar-refractivity contribution is 0.102. The first-order valence-corrected chi connectivity index (χ1v) is 8.41. The molecule has 0 atom stereocenters. The molecule has 1 amide bonds. The minimum atomic E-state index is -0.382. The fourth-order valence-electron chi connectivity index (χ4n) is 2.51. The minimum Gasteiger partial charge on any atom is -0.497 e. The highest BCUT2D eigenvalue weighted by Crippen LogP contribution is 2.30. The van der Waals surface area contributed by atoms with Crippen molar-refractivity contribution in [3.8, 4) is 17.2 Å². The van der Waals surface area contributed by atoms with Gasteiger partial charge in [0.1, 0.15) is 22.9 Å². The molecule has 1 heterocycles. The number of carbonyl (C=O) groups is 1. The fraction of sp³-hybridized carbons (Fsp3) is 0.150. The van der Waals surface area contributed by atoms with E-state index in [4.69, 9.17) is 14.2 Å². The molecule has 0 unspecified atom stereocenters. The Labute approximate surface area is 162 Å². The Morgan fingerprint density at radius 3 is 2.39 bits per heavy atom. The van der Waals surface area contributed by atoms with E-state index in [0.717, 1.165) is 0 Å². The molecule has 144 valence electrons. The zero-order valence-corrected chi connectivity index (χ0v) is 15.7. The molecule has 28 heavy (non-hydrogen) atoms. The van der Waals surface area contributed by atoms with Crippen molar-refractivity contribution in [1.29, 1.82) is 0 Å². The third kappa shape index (κ3) is 4.29. The summed E-state index contributed by atoms with van der Waals surface area (Å²) < 4.78 is 15.8. The Morgan fingerprint density at radius 2 is 1.64 bits per heavy atom. The SMILES string of the molecule is COc1ccc(OC)c(Nc2nccc(C(=O)Nc3ccccc3OC)n2)c1. The van der Waals surface area contributed by atoms with Crippen LogP contribution in [-0.2, 0) is 0 Å². The summed E-state index contributed by atoms with van der Waals surface area (Å²) in [7, 11) is 4.68. The van der Waals surface area contributed by atoms with Crippen LogP contribution in [-0.4, -0.2) is 37.2 Å². The Morgan fingerprint density at radius 1 is 0.893 bits per heavy atom. The van der Waals surface area contributed by atoms with Crippen LogP contribution in [0.1, 0.15) is 10.5 Å². The predicted octanol–water partition coefficient (Wildman–Crippen LogP) is 3.50. The highest BCUT2D eigenvalue weighted by Gasteiger charge is 2.13. The van der Waals surface area contributed by atoms with Crippen LogP contribution in [0.4, 0.5) is 17.3 Å².